The van der Waals surface area contributed by atoms with E-state index in [4.69, 9.17) is 4.42 Å². The summed E-state index contributed by atoms with van der Waals surface area (Å²) >= 11 is 0. The SMILES string of the molecule is CCN(C(=O)c1cc2cc(C)ccc2o1)C1CCNC1. The summed E-state index contributed by atoms with van der Waals surface area (Å²) in [6.45, 7) is 6.62. The van der Waals surface area contributed by atoms with Crippen LogP contribution in [-0.2, 0) is 0 Å². The summed E-state index contributed by atoms with van der Waals surface area (Å²) in [5.74, 6) is 0.439. The van der Waals surface area contributed by atoms with Crippen LogP contribution in [0.15, 0.2) is 28.7 Å². The molecule has 1 aliphatic rings. The molecule has 2 aromatic rings. The molecule has 1 aliphatic heterocycles. The number of fused-ring (bicyclic) bond motifs is 1. The van der Waals surface area contributed by atoms with E-state index in [-0.39, 0.29) is 11.9 Å². The van der Waals surface area contributed by atoms with Gasteiger partial charge in [0.2, 0.25) is 0 Å². The summed E-state index contributed by atoms with van der Waals surface area (Å²) in [4.78, 5) is 14.5. The minimum Gasteiger partial charge on any atom is -0.451 e. The van der Waals surface area contributed by atoms with Gasteiger partial charge in [-0.1, -0.05) is 11.6 Å². The van der Waals surface area contributed by atoms with Gasteiger partial charge in [0.1, 0.15) is 5.58 Å². The first-order chi connectivity index (χ1) is 9.69. The van der Waals surface area contributed by atoms with Crippen molar-refractivity contribution in [3.05, 3.63) is 35.6 Å². The van der Waals surface area contributed by atoms with Gasteiger partial charge < -0.3 is 14.6 Å². The largest absolute Gasteiger partial charge is 0.451 e. The molecule has 4 heteroatoms. The molecule has 1 aromatic heterocycles. The number of carbonyl (C=O) groups is 1. The molecule has 1 unspecified atom stereocenters. The lowest BCUT2D eigenvalue weighted by molar-refractivity contribution is 0.0673. The highest BCUT2D eigenvalue weighted by molar-refractivity contribution is 5.96. The highest BCUT2D eigenvalue weighted by Gasteiger charge is 2.27. The maximum absolute atomic E-state index is 12.6. The minimum atomic E-state index is -0.00458. The molecule has 1 fully saturated rings. The molecule has 1 saturated heterocycles. The third-order valence-corrected chi connectivity index (χ3v) is 3.96. The van der Waals surface area contributed by atoms with Crippen LogP contribution >= 0.6 is 0 Å². The maximum atomic E-state index is 12.6. The zero-order valence-electron chi connectivity index (χ0n) is 12.0. The van der Waals surface area contributed by atoms with Crippen LogP contribution in [0.5, 0.6) is 0 Å². The van der Waals surface area contributed by atoms with Gasteiger partial charge in [0.15, 0.2) is 5.76 Å². The first-order valence-electron chi connectivity index (χ1n) is 7.21. The quantitative estimate of drug-likeness (QED) is 0.934. The fraction of sp³-hybridized carbons (Fsp3) is 0.438. The van der Waals surface area contributed by atoms with Crippen molar-refractivity contribution in [1.82, 2.24) is 10.2 Å². The van der Waals surface area contributed by atoms with Crippen LogP contribution in [0.2, 0.25) is 0 Å². The van der Waals surface area contributed by atoms with E-state index in [1.807, 2.05) is 43.0 Å². The van der Waals surface area contributed by atoms with E-state index in [9.17, 15) is 4.79 Å². The fourth-order valence-corrected chi connectivity index (χ4v) is 2.88. The zero-order valence-corrected chi connectivity index (χ0v) is 12.0. The average Bonchev–Trinajstić information content (AvgIpc) is 3.07. The Morgan fingerprint density at radius 3 is 3.00 bits per heavy atom. The van der Waals surface area contributed by atoms with Crippen molar-refractivity contribution in [2.45, 2.75) is 26.3 Å². The van der Waals surface area contributed by atoms with Crippen LogP contribution in [0.3, 0.4) is 0 Å². The van der Waals surface area contributed by atoms with E-state index in [0.29, 0.717) is 12.3 Å². The smallest absolute Gasteiger partial charge is 0.289 e. The van der Waals surface area contributed by atoms with E-state index >= 15 is 0 Å². The van der Waals surface area contributed by atoms with Crippen LogP contribution in [-0.4, -0.2) is 36.5 Å². The maximum Gasteiger partial charge on any atom is 0.289 e. The second kappa shape index (κ2) is 5.29. The molecule has 0 radical (unpaired) electrons. The topological polar surface area (TPSA) is 45.5 Å². The Kier molecular flexibility index (Phi) is 3.49. The third kappa shape index (κ3) is 2.31. The van der Waals surface area contributed by atoms with Crippen molar-refractivity contribution in [1.29, 1.82) is 0 Å². The van der Waals surface area contributed by atoms with E-state index in [1.165, 1.54) is 5.56 Å². The number of amides is 1. The highest BCUT2D eigenvalue weighted by atomic mass is 16.3. The number of nitrogens with zero attached hydrogens (tertiary/aromatic N) is 1. The van der Waals surface area contributed by atoms with Gasteiger partial charge in [-0.3, -0.25) is 4.79 Å². The van der Waals surface area contributed by atoms with Crippen molar-refractivity contribution in [3.8, 4) is 0 Å². The summed E-state index contributed by atoms with van der Waals surface area (Å²) in [5, 5.41) is 4.30. The first-order valence-corrected chi connectivity index (χ1v) is 7.21. The molecule has 3 rings (SSSR count). The predicted molar refractivity (Wildman–Crippen MR) is 78.9 cm³/mol. The molecule has 1 N–H and O–H groups in total. The van der Waals surface area contributed by atoms with Crippen LogP contribution in [0, 0.1) is 6.92 Å². The summed E-state index contributed by atoms with van der Waals surface area (Å²) < 4.78 is 5.72. The highest BCUT2D eigenvalue weighted by Crippen LogP contribution is 2.23. The summed E-state index contributed by atoms with van der Waals surface area (Å²) in [6.07, 6.45) is 1.01. The molecular weight excluding hydrogens is 252 g/mol. The molecule has 1 aromatic carbocycles. The number of likely N-dealkylation sites (N-methyl/N-ethyl adjacent to an activating group) is 1. The van der Waals surface area contributed by atoms with Gasteiger partial charge >= 0.3 is 0 Å². The molecular formula is C16H20N2O2. The monoisotopic (exact) mass is 272 g/mol. The number of benzene rings is 1. The van der Waals surface area contributed by atoms with Gasteiger partial charge in [-0.15, -0.1) is 0 Å². The zero-order chi connectivity index (χ0) is 14.1. The second-order valence-electron chi connectivity index (χ2n) is 5.39. The van der Waals surface area contributed by atoms with Crippen LogP contribution in [0.4, 0.5) is 0 Å². The van der Waals surface area contributed by atoms with Crippen molar-refractivity contribution < 1.29 is 9.21 Å². The Morgan fingerprint density at radius 1 is 1.45 bits per heavy atom. The van der Waals surface area contributed by atoms with Crippen molar-refractivity contribution >= 4 is 16.9 Å². The Hall–Kier alpha value is -1.81. The lowest BCUT2D eigenvalue weighted by Crippen LogP contribution is -2.41. The van der Waals surface area contributed by atoms with E-state index in [0.717, 1.165) is 30.5 Å². The van der Waals surface area contributed by atoms with Crippen LogP contribution < -0.4 is 5.32 Å². The lowest BCUT2D eigenvalue weighted by atomic mass is 10.1. The molecule has 0 bridgehead atoms. The Morgan fingerprint density at radius 2 is 2.30 bits per heavy atom. The number of hydrogen-bond acceptors (Lipinski definition) is 3. The first kappa shape index (κ1) is 13.2. The molecule has 2 heterocycles. The second-order valence-corrected chi connectivity index (χ2v) is 5.39. The number of carbonyl (C=O) groups excluding carboxylic acids is 1. The molecule has 0 aliphatic carbocycles. The molecule has 1 amide bonds. The van der Waals surface area contributed by atoms with Crippen molar-refractivity contribution in [3.63, 3.8) is 0 Å². The lowest BCUT2D eigenvalue weighted by Gasteiger charge is -2.26. The standard InChI is InChI=1S/C16H20N2O2/c1-3-18(13-6-7-17-10-13)16(19)15-9-12-8-11(2)4-5-14(12)20-15/h4-5,8-9,13,17H,3,6-7,10H2,1-2H3. The minimum absolute atomic E-state index is 0.00458. The number of hydrogen-bond donors (Lipinski definition) is 1. The van der Waals surface area contributed by atoms with Gasteiger partial charge in [-0.2, -0.15) is 0 Å². The van der Waals surface area contributed by atoms with Crippen molar-refractivity contribution in [2.75, 3.05) is 19.6 Å². The number of aryl methyl sites for hydroxylation is 1. The molecule has 106 valence electrons. The summed E-state index contributed by atoms with van der Waals surface area (Å²) in [5.41, 5.74) is 1.95. The van der Waals surface area contributed by atoms with Gasteiger partial charge in [-0.05, 0) is 45.0 Å². The molecule has 20 heavy (non-hydrogen) atoms. The Balaban J connectivity index is 1.90. The molecule has 0 spiro atoms. The van der Waals surface area contributed by atoms with E-state index < -0.39 is 0 Å². The van der Waals surface area contributed by atoms with Crippen molar-refractivity contribution in [2.24, 2.45) is 0 Å². The number of rotatable bonds is 3. The molecule has 1 atom stereocenters. The van der Waals surface area contributed by atoms with Gasteiger partial charge in [0, 0.05) is 24.5 Å². The fourth-order valence-electron chi connectivity index (χ4n) is 2.88. The Bertz CT molecular complexity index is 626. The van der Waals surface area contributed by atoms with E-state index in [2.05, 4.69) is 5.32 Å². The number of nitrogens with one attached hydrogen (secondary N) is 1. The van der Waals surface area contributed by atoms with Crippen LogP contribution in [0.1, 0.15) is 29.5 Å². The number of furan rings is 1. The van der Waals surface area contributed by atoms with Gasteiger partial charge in [-0.25, -0.2) is 0 Å². The third-order valence-electron chi connectivity index (χ3n) is 3.96. The normalized spacial score (nSPS) is 18.6. The van der Waals surface area contributed by atoms with Crippen LogP contribution in [0.25, 0.3) is 11.0 Å². The van der Waals surface area contributed by atoms with Gasteiger partial charge in [0.25, 0.3) is 5.91 Å². The van der Waals surface area contributed by atoms with E-state index in [1.54, 1.807) is 0 Å². The van der Waals surface area contributed by atoms with Gasteiger partial charge in [0.05, 0.1) is 0 Å². The summed E-state index contributed by atoms with van der Waals surface area (Å²) in [7, 11) is 0. The predicted octanol–water partition coefficient (Wildman–Crippen LogP) is 2.57. The summed E-state index contributed by atoms with van der Waals surface area (Å²) in [6, 6.07) is 8.11. The average molecular weight is 272 g/mol. The Labute approximate surface area is 118 Å². The molecule has 0 saturated carbocycles. The molecule has 4 nitrogen and oxygen atoms in total.